The fourth-order valence-corrected chi connectivity index (χ4v) is 5.26. The number of para-hydroxylation sites is 2. The molecule has 0 saturated carbocycles. The summed E-state index contributed by atoms with van der Waals surface area (Å²) in [7, 11) is 0. The number of H-pyrrole nitrogens is 1. The van der Waals surface area contributed by atoms with Crippen LogP contribution in [0, 0.1) is 6.92 Å². The number of nitrogens with one attached hydrogen (secondary N) is 1. The normalized spacial score (nSPS) is 19.5. The van der Waals surface area contributed by atoms with Crippen molar-refractivity contribution in [3.63, 3.8) is 0 Å². The van der Waals surface area contributed by atoms with Gasteiger partial charge in [-0.25, -0.2) is 0 Å². The Balaban J connectivity index is 0.00000289. The predicted molar refractivity (Wildman–Crippen MR) is 131 cm³/mol. The third kappa shape index (κ3) is 5.87. The van der Waals surface area contributed by atoms with Crippen molar-refractivity contribution in [1.82, 2.24) is 15.0 Å². The van der Waals surface area contributed by atoms with Crippen molar-refractivity contribution in [3.05, 3.63) is 47.8 Å². The minimum atomic E-state index is -1.36. The van der Waals surface area contributed by atoms with Gasteiger partial charge in [0.15, 0.2) is 11.5 Å². The van der Waals surface area contributed by atoms with Crippen LogP contribution in [0.3, 0.4) is 0 Å². The van der Waals surface area contributed by atoms with Gasteiger partial charge in [-0.2, -0.15) is 4.98 Å². The molecule has 0 aliphatic carbocycles. The first-order valence-corrected chi connectivity index (χ1v) is 12.8. The molecule has 3 aromatic rings. The second-order valence-corrected chi connectivity index (χ2v) is 9.84. The number of nitrogens with zero attached hydrogens (tertiary/aromatic N) is 2. The number of rotatable bonds is 8. The van der Waals surface area contributed by atoms with Gasteiger partial charge in [-0.1, -0.05) is 19.1 Å². The van der Waals surface area contributed by atoms with Gasteiger partial charge in [0, 0.05) is 58.9 Å². The van der Waals surface area contributed by atoms with E-state index in [1.807, 2.05) is 44.2 Å². The number of fused-ring (bicyclic) bond motifs is 1. The van der Waals surface area contributed by atoms with E-state index in [4.69, 9.17) is 23.7 Å². The molecule has 1 atom stereocenters. The van der Waals surface area contributed by atoms with E-state index in [0.29, 0.717) is 62.5 Å². The zero-order chi connectivity index (χ0) is 23.6. The molecule has 2 saturated heterocycles. The van der Waals surface area contributed by atoms with E-state index in [0.717, 1.165) is 16.6 Å². The smallest absolute Gasteiger partial charge is 0.322 e. The van der Waals surface area contributed by atoms with E-state index >= 15 is 0 Å². The summed E-state index contributed by atoms with van der Waals surface area (Å²) >= 11 is -1.36. The zero-order valence-corrected chi connectivity index (χ0v) is 23.2. The Morgan fingerprint density at radius 2 is 1.86 bits per heavy atom. The van der Waals surface area contributed by atoms with Crippen molar-refractivity contribution >= 4 is 51.8 Å². The topological polar surface area (TPSA) is 111 Å². The molecular formula is C24H29N3NaO6S. The van der Waals surface area contributed by atoms with E-state index in [2.05, 4.69) is 15.0 Å². The predicted octanol–water partition coefficient (Wildman–Crippen LogP) is 2.86. The second-order valence-electron chi connectivity index (χ2n) is 8.48. The number of ether oxygens (including phenoxy) is 5. The molecule has 0 bridgehead atoms. The summed E-state index contributed by atoms with van der Waals surface area (Å²) in [6, 6.07) is 9.45. The molecule has 5 rings (SSSR count). The summed E-state index contributed by atoms with van der Waals surface area (Å²) in [5.41, 5.74) is 3.22. The SMILES string of the molecule is CCC1(CCOc2ccnc(C[S+]([O-])c3nc4ccccc4[nH]3)c2C)OCC2(CO1)OCCO2.[Na]. The van der Waals surface area contributed by atoms with Crippen LogP contribution in [-0.4, -0.2) is 93.7 Å². The van der Waals surface area contributed by atoms with Gasteiger partial charge in [0.05, 0.1) is 36.5 Å². The molecule has 2 aliphatic rings. The number of aromatic amines is 1. The van der Waals surface area contributed by atoms with Gasteiger partial charge in [0.2, 0.25) is 5.79 Å². The van der Waals surface area contributed by atoms with Crippen molar-refractivity contribution in [1.29, 1.82) is 0 Å². The first kappa shape index (κ1) is 26.8. The fraction of sp³-hybridized carbons (Fsp3) is 0.500. The number of hydrogen-bond acceptors (Lipinski definition) is 8. The van der Waals surface area contributed by atoms with Gasteiger partial charge in [0.1, 0.15) is 19.0 Å². The maximum absolute atomic E-state index is 12.9. The van der Waals surface area contributed by atoms with E-state index < -0.39 is 22.8 Å². The maximum atomic E-state index is 12.9. The zero-order valence-electron chi connectivity index (χ0n) is 20.4. The quantitative estimate of drug-likeness (QED) is 0.364. The van der Waals surface area contributed by atoms with Crippen molar-refractivity contribution in [2.24, 2.45) is 0 Å². The molecule has 2 aromatic heterocycles. The summed E-state index contributed by atoms with van der Waals surface area (Å²) in [5.74, 6) is -0.554. The van der Waals surface area contributed by atoms with Crippen LogP contribution in [0.15, 0.2) is 41.7 Å². The van der Waals surface area contributed by atoms with Crippen molar-refractivity contribution in [3.8, 4) is 5.75 Å². The van der Waals surface area contributed by atoms with Gasteiger partial charge in [0.25, 0.3) is 0 Å². The molecule has 0 amide bonds. The van der Waals surface area contributed by atoms with Crippen LogP contribution in [-0.2, 0) is 35.9 Å². The fourth-order valence-electron chi connectivity index (χ4n) is 4.16. The van der Waals surface area contributed by atoms with Crippen LogP contribution in [0.25, 0.3) is 11.0 Å². The molecule has 2 fully saturated rings. The maximum Gasteiger partial charge on any atom is 0.322 e. The molecular weight excluding hydrogens is 481 g/mol. The average molecular weight is 511 g/mol. The Morgan fingerprint density at radius 1 is 1.11 bits per heavy atom. The second kappa shape index (κ2) is 11.5. The van der Waals surface area contributed by atoms with Crippen LogP contribution in [0.4, 0.5) is 0 Å². The number of benzene rings is 1. The Kier molecular flexibility index (Phi) is 8.78. The molecule has 9 nitrogen and oxygen atoms in total. The van der Waals surface area contributed by atoms with Gasteiger partial charge < -0.3 is 28.2 Å². The Morgan fingerprint density at radius 3 is 2.57 bits per heavy atom. The molecule has 1 radical (unpaired) electrons. The monoisotopic (exact) mass is 510 g/mol. The molecule has 1 spiro atoms. The summed E-state index contributed by atoms with van der Waals surface area (Å²) < 4.78 is 42.4. The minimum Gasteiger partial charge on any atom is -0.609 e. The third-order valence-electron chi connectivity index (χ3n) is 6.31. The largest absolute Gasteiger partial charge is 0.609 e. The molecule has 2 aliphatic heterocycles. The Bertz CT molecular complexity index is 1100. The van der Waals surface area contributed by atoms with Gasteiger partial charge in [-0.15, -0.1) is 0 Å². The first-order chi connectivity index (χ1) is 16.5. The summed E-state index contributed by atoms with van der Waals surface area (Å²) in [6.07, 6.45) is 2.92. The Hall–Kier alpha value is -1.21. The molecule has 183 valence electrons. The molecule has 1 unspecified atom stereocenters. The van der Waals surface area contributed by atoms with E-state index in [9.17, 15) is 4.55 Å². The molecule has 35 heavy (non-hydrogen) atoms. The minimum absolute atomic E-state index is 0. The molecule has 1 aromatic carbocycles. The average Bonchev–Trinajstić information content (AvgIpc) is 3.50. The number of pyridine rings is 1. The number of hydrogen-bond donors (Lipinski definition) is 1. The third-order valence-corrected chi connectivity index (χ3v) is 7.47. The van der Waals surface area contributed by atoms with E-state index in [-0.39, 0.29) is 35.3 Å². The number of aromatic nitrogens is 3. The van der Waals surface area contributed by atoms with Crippen LogP contribution in [0.1, 0.15) is 31.0 Å². The molecule has 1 N–H and O–H groups in total. The van der Waals surface area contributed by atoms with Crippen LogP contribution >= 0.6 is 0 Å². The van der Waals surface area contributed by atoms with Crippen molar-refractivity contribution in [2.75, 3.05) is 33.0 Å². The molecule has 11 heteroatoms. The van der Waals surface area contributed by atoms with E-state index in [1.54, 1.807) is 6.20 Å². The summed E-state index contributed by atoms with van der Waals surface area (Å²) in [4.78, 5) is 12.0. The Labute approximate surface area is 229 Å². The van der Waals surface area contributed by atoms with Gasteiger partial charge in [-0.3, -0.25) is 9.97 Å². The van der Waals surface area contributed by atoms with Crippen LogP contribution < -0.4 is 4.74 Å². The van der Waals surface area contributed by atoms with E-state index in [1.165, 1.54) is 0 Å². The summed E-state index contributed by atoms with van der Waals surface area (Å²) in [5, 5.41) is 0.443. The first-order valence-electron chi connectivity index (χ1n) is 11.5. The number of imidazole rings is 1. The van der Waals surface area contributed by atoms with Gasteiger partial charge in [-0.05, 0) is 31.5 Å². The summed E-state index contributed by atoms with van der Waals surface area (Å²) in [6.45, 7) is 6.14. The standard InChI is InChI=1S/C24H29N3O6S.Na/c1-3-23(32-15-24(16-33-23)30-12-13-31-24)9-11-29-21-8-10-25-20(17(21)2)14-34(28)22-26-18-6-4-5-7-19(18)27-22;/h4-8,10H,3,9,11-16H2,1-2H3,(H,26,27);. The van der Waals surface area contributed by atoms with Crippen molar-refractivity contribution < 1.29 is 28.2 Å². The van der Waals surface area contributed by atoms with Gasteiger partial charge >= 0.3 is 5.16 Å². The molecule has 4 heterocycles. The van der Waals surface area contributed by atoms with Crippen LogP contribution in [0.2, 0.25) is 0 Å². The van der Waals surface area contributed by atoms with Crippen LogP contribution in [0.5, 0.6) is 5.75 Å². The van der Waals surface area contributed by atoms with Crippen molar-refractivity contribution in [2.45, 2.75) is 49.2 Å².